The van der Waals surface area contributed by atoms with Crippen LogP contribution in [-0.2, 0) is 4.79 Å². The van der Waals surface area contributed by atoms with Crippen molar-refractivity contribution >= 4 is 34.7 Å². The van der Waals surface area contributed by atoms with E-state index in [0.29, 0.717) is 41.6 Å². The highest BCUT2D eigenvalue weighted by atomic mass is 35.5. The van der Waals surface area contributed by atoms with E-state index >= 15 is 0 Å². The topological polar surface area (TPSA) is 105 Å². The molecule has 0 saturated heterocycles. The van der Waals surface area contributed by atoms with Crippen molar-refractivity contribution in [3.05, 3.63) is 77.3 Å². The number of ether oxygens (including phenoxy) is 1. The molecule has 2 heterocycles. The molecule has 3 aromatic rings. The number of anilines is 2. The number of pyridine rings is 2. The monoisotopic (exact) mass is 496 g/mol. The Morgan fingerprint density at radius 3 is 2.63 bits per heavy atom. The number of carboxylic acids is 1. The van der Waals surface area contributed by atoms with Crippen molar-refractivity contribution in [2.45, 2.75) is 25.7 Å². The summed E-state index contributed by atoms with van der Waals surface area (Å²) in [6, 6.07) is 12.3. The van der Waals surface area contributed by atoms with E-state index in [4.69, 9.17) is 21.4 Å². The molecule has 0 aliphatic carbocycles. The zero-order valence-electron chi connectivity index (χ0n) is 19.6. The Labute approximate surface area is 209 Å². The van der Waals surface area contributed by atoms with Gasteiger partial charge in [0.1, 0.15) is 18.1 Å². The van der Waals surface area contributed by atoms with Crippen LogP contribution in [0.25, 0.3) is 0 Å². The maximum Gasteiger partial charge on any atom is 0.303 e. The molecule has 0 aliphatic heterocycles. The van der Waals surface area contributed by atoms with Crippen LogP contribution in [0, 0.1) is 0 Å². The minimum absolute atomic E-state index is 0.185. The van der Waals surface area contributed by atoms with Gasteiger partial charge in [0, 0.05) is 67.1 Å². The molecule has 0 spiro atoms. The standard InChI is InChI=1S/C26H29ClN4O4/c1-31(13-4-2-3-5-25(32)33)22-8-11-30-24(18-22)26(34)19-15-20(27)17-23(16-19)35-14-12-29-21-6-9-28-10-7-21/h6-11,15-18H,2-5,12-14H2,1H3,(H,28,29)(H,32,33). The highest BCUT2D eigenvalue weighted by Gasteiger charge is 2.15. The summed E-state index contributed by atoms with van der Waals surface area (Å²) in [7, 11) is 1.94. The van der Waals surface area contributed by atoms with Gasteiger partial charge in [0.15, 0.2) is 0 Å². The number of hydrogen-bond donors (Lipinski definition) is 2. The summed E-state index contributed by atoms with van der Waals surface area (Å²) >= 11 is 6.25. The van der Waals surface area contributed by atoms with Crippen LogP contribution >= 0.6 is 11.6 Å². The number of carboxylic acid groups (broad SMARTS) is 1. The number of carbonyl (C=O) groups excluding carboxylic acids is 1. The van der Waals surface area contributed by atoms with Crippen LogP contribution < -0.4 is 15.0 Å². The van der Waals surface area contributed by atoms with Gasteiger partial charge in [0.05, 0.1) is 0 Å². The Balaban J connectivity index is 1.58. The third-order valence-electron chi connectivity index (χ3n) is 5.31. The molecule has 0 radical (unpaired) electrons. The SMILES string of the molecule is CN(CCCCCC(=O)O)c1ccnc(C(=O)c2cc(Cl)cc(OCCNc3ccncc3)c2)c1. The number of nitrogens with zero attached hydrogens (tertiary/aromatic N) is 3. The van der Waals surface area contributed by atoms with Gasteiger partial charge in [-0.3, -0.25) is 19.6 Å². The van der Waals surface area contributed by atoms with Crippen LogP contribution in [0.1, 0.15) is 41.7 Å². The number of aromatic nitrogens is 2. The number of unbranched alkanes of at least 4 members (excludes halogenated alkanes) is 2. The lowest BCUT2D eigenvalue weighted by atomic mass is 10.1. The largest absolute Gasteiger partial charge is 0.492 e. The molecular weight excluding hydrogens is 468 g/mol. The molecular formula is C26H29ClN4O4. The van der Waals surface area contributed by atoms with Gasteiger partial charge in [0.2, 0.25) is 5.78 Å². The molecule has 0 saturated carbocycles. The molecule has 1 aromatic carbocycles. The lowest BCUT2D eigenvalue weighted by Gasteiger charge is -2.19. The third-order valence-corrected chi connectivity index (χ3v) is 5.53. The fraction of sp³-hybridized carbons (Fsp3) is 0.308. The first-order valence-electron chi connectivity index (χ1n) is 11.4. The van der Waals surface area contributed by atoms with E-state index in [1.165, 1.54) is 0 Å². The Morgan fingerprint density at radius 2 is 1.86 bits per heavy atom. The molecule has 9 heteroatoms. The Morgan fingerprint density at radius 1 is 1.06 bits per heavy atom. The smallest absolute Gasteiger partial charge is 0.303 e. The fourth-order valence-electron chi connectivity index (χ4n) is 3.47. The van der Waals surface area contributed by atoms with Crippen LogP contribution in [0.3, 0.4) is 0 Å². The second kappa shape index (κ2) is 13.3. The molecule has 2 N–H and O–H groups in total. The van der Waals surface area contributed by atoms with Gasteiger partial charge in [-0.2, -0.15) is 0 Å². The predicted octanol–water partition coefficient (Wildman–Crippen LogP) is 4.93. The maximum absolute atomic E-state index is 13.1. The highest BCUT2D eigenvalue weighted by Crippen LogP contribution is 2.24. The summed E-state index contributed by atoms with van der Waals surface area (Å²) in [5, 5.41) is 12.4. The Hall–Kier alpha value is -3.65. The van der Waals surface area contributed by atoms with Gasteiger partial charge in [-0.05, 0) is 55.3 Å². The summed E-state index contributed by atoms with van der Waals surface area (Å²) in [5.74, 6) is -0.511. The zero-order valence-corrected chi connectivity index (χ0v) is 20.4. The van der Waals surface area contributed by atoms with E-state index in [1.807, 2.05) is 30.1 Å². The van der Waals surface area contributed by atoms with Crippen molar-refractivity contribution in [1.82, 2.24) is 9.97 Å². The fourth-order valence-corrected chi connectivity index (χ4v) is 3.70. The minimum atomic E-state index is -0.771. The number of benzene rings is 1. The first kappa shape index (κ1) is 26.0. The zero-order chi connectivity index (χ0) is 25.0. The van der Waals surface area contributed by atoms with E-state index in [2.05, 4.69) is 15.3 Å². The van der Waals surface area contributed by atoms with Gasteiger partial charge in [-0.25, -0.2) is 0 Å². The maximum atomic E-state index is 13.1. The molecule has 35 heavy (non-hydrogen) atoms. The third kappa shape index (κ3) is 8.57. The lowest BCUT2D eigenvalue weighted by molar-refractivity contribution is -0.137. The van der Waals surface area contributed by atoms with Gasteiger partial charge >= 0.3 is 5.97 Å². The summed E-state index contributed by atoms with van der Waals surface area (Å²) < 4.78 is 5.80. The number of carbonyl (C=O) groups is 2. The van der Waals surface area contributed by atoms with Crippen molar-refractivity contribution in [1.29, 1.82) is 0 Å². The van der Waals surface area contributed by atoms with Crippen LogP contribution in [0.4, 0.5) is 11.4 Å². The molecule has 0 aliphatic rings. The first-order chi connectivity index (χ1) is 16.9. The van der Waals surface area contributed by atoms with Crippen molar-refractivity contribution in [3.8, 4) is 5.75 Å². The molecule has 0 unspecified atom stereocenters. The number of halogens is 1. The Kier molecular flexibility index (Phi) is 9.86. The number of hydrogen-bond acceptors (Lipinski definition) is 7. The lowest BCUT2D eigenvalue weighted by Crippen LogP contribution is -2.19. The minimum Gasteiger partial charge on any atom is -0.492 e. The van der Waals surface area contributed by atoms with Gasteiger partial charge in [-0.15, -0.1) is 0 Å². The van der Waals surface area contributed by atoms with E-state index in [0.717, 1.165) is 30.8 Å². The Bertz CT molecular complexity index is 1130. The quantitative estimate of drug-likeness (QED) is 0.239. The second-order valence-corrected chi connectivity index (χ2v) is 8.48. The van der Waals surface area contributed by atoms with Crippen molar-refractivity contribution in [2.75, 3.05) is 37.0 Å². The second-order valence-electron chi connectivity index (χ2n) is 8.04. The molecule has 8 nitrogen and oxygen atoms in total. The van der Waals surface area contributed by atoms with Gasteiger partial charge < -0.3 is 20.1 Å². The summed E-state index contributed by atoms with van der Waals surface area (Å²) in [5.41, 5.74) is 2.52. The summed E-state index contributed by atoms with van der Waals surface area (Å²) in [6.45, 7) is 1.72. The molecule has 0 bridgehead atoms. The molecule has 0 amide bonds. The first-order valence-corrected chi connectivity index (χ1v) is 11.8. The van der Waals surface area contributed by atoms with Crippen LogP contribution in [0.15, 0.2) is 61.1 Å². The molecule has 0 atom stereocenters. The van der Waals surface area contributed by atoms with Crippen molar-refractivity contribution in [3.63, 3.8) is 0 Å². The van der Waals surface area contributed by atoms with E-state index in [1.54, 1.807) is 42.9 Å². The molecule has 2 aromatic heterocycles. The number of rotatable bonds is 14. The number of aliphatic carboxylic acids is 1. The summed E-state index contributed by atoms with van der Waals surface area (Å²) in [4.78, 5) is 34.0. The van der Waals surface area contributed by atoms with Gasteiger partial charge in [0.25, 0.3) is 0 Å². The van der Waals surface area contributed by atoms with Crippen LogP contribution in [0.2, 0.25) is 5.02 Å². The van der Waals surface area contributed by atoms with Crippen molar-refractivity contribution < 1.29 is 19.4 Å². The van der Waals surface area contributed by atoms with E-state index < -0.39 is 5.97 Å². The number of ketones is 1. The number of nitrogens with one attached hydrogen (secondary N) is 1. The average Bonchev–Trinajstić information content (AvgIpc) is 2.86. The van der Waals surface area contributed by atoms with Crippen LogP contribution in [0.5, 0.6) is 5.75 Å². The van der Waals surface area contributed by atoms with E-state index in [-0.39, 0.29) is 12.2 Å². The molecule has 3 rings (SSSR count). The highest BCUT2D eigenvalue weighted by molar-refractivity contribution is 6.31. The average molecular weight is 497 g/mol. The predicted molar refractivity (Wildman–Crippen MR) is 137 cm³/mol. The van der Waals surface area contributed by atoms with Crippen molar-refractivity contribution in [2.24, 2.45) is 0 Å². The molecule has 184 valence electrons. The van der Waals surface area contributed by atoms with Gasteiger partial charge in [-0.1, -0.05) is 18.0 Å². The van der Waals surface area contributed by atoms with Crippen LogP contribution in [-0.4, -0.2) is 53.6 Å². The molecule has 0 fully saturated rings. The summed E-state index contributed by atoms with van der Waals surface area (Å²) in [6.07, 6.45) is 7.56. The normalized spacial score (nSPS) is 10.6. The van der Waals surface area contributed by atoms with E-state index in [9.17, 15) is 9.59 Å².